The molecule has 2 heteroatoms. The maximum absolute atomic E-state index is 11.9. The highest BCUT2D eigenvalue weighted by molar-refractivity contribution is 6.00. The zero-order valence-corrected chi connectivity index (χ0v) is 8.85. The fourth-order valence-electron chi connectivity index (χ4n) is 1.77. The van der Waals surface area contributed by atoms with Crippen LogP contribution in [0.4, 0.5) is 0 Å². The van der Waals surface area contributed by atoms with Gasteiger partial charge in [-0.2, -0.15) is 0 Å². The molecule has 0 aliphatic heterocycles. The zero-order chi connectivity index (χ0) is 10.2. The summed E-state index contributed by atoms with van der Waals surface area (Å²) in [6.07, 6.45) is 1.40. The van der Waals surface area contributed by atoms with Gasteiger partial charge in [-0.15, -0.1) is 0 Å². The van der Waals surface area contributed by atoms with E-state index in [4.69, 9.17) is 0 Å². The highest BCUT2D eigenvalue weighted by atomic mass is 16.3. The SMILES string of the molecule is CC(C)C1=C(O)CCC(C)(C)C1=O. The van der Waals surface area contributed by atoms with Gasteiger partial charge in [0.15, 0.2) is 5.78 Å². The van der Waals surface area contributed by atoms with E-state index < -0.39 is 0 Å². The zero-order valence-electron chi connectivity index (χ0n) is 8.85. The molecular formula is C11H18O2. The molecule has 13 heavy (non-hydrogen) atoms. The van der Waals surface area contributed by atoms with Gasteiger partial charge in [0.2, 0.25) is 0 Å². The third kappa shape index (κ3) is 1.77. The van der Waals surface area contributed by atoms with Crippen molar-refractivity contribution in [3.63, 3.8) is 0 Å². The molecule has 0 spiro atoms. The number of rotatable bonds is 1. The van der Waals surface area contributed by atoms with E-state index in [0.29, 0.717) is 17.8 Å². The molecule has 1 N–H and O–H groups in total. The van der Waals surface area contributed by atoms with Crippen LogP contribution in [0.15, 0.2) is 11.3 Å². The molecule has 0 amide bonds. The van der Waals surface area contributed by atoms with Crippen LogP contribution in [0.3, 0.4) is 0 Å². The summed E-state index contributed by atoms with van der Waals surface area (Å²) in [4.78, 5) is 11.9. The molecule has 1 aliphatic carbocycles. The molecule has 0 aromatic carbocycles. The van der Waals surface area contributed by atoms with Crippen LogP contribution in [0.5, 0.6) is 0 Å². The summed E-state index contributed by atoms with van der Waals surface area (Å²) in [5, 5.41) is 9.60. The molecule has 1 aliphatic rings. The minimum Gasteiger partial charge on any atom is -0.512 e. The monoisotopic (exact) mass is 182 g/mol. The predicted molar refractivity (Wildman–Crippen MR) is 52.5 cm³/mol. The second-order valence-corrected chi connectivity index (χ2v) is 4.73. The van der Waals surface area contributed by atoms with Crippen LogP contribution in [-0.2, 0) is 4.79 Å². The number of ketones is 1. The minimum absolute atomic E-state index is 0.117. The lowest BCUT2D eigenvalue weighted by atomic mass is 9.73. The smallest absolute Gasteiger partial charge is 0.168 e. The molecule has 0 radical (unpaired) electrons. The molecule has 74 valence electrons. The van der Waals surface area contributed by atoms with Gasteiger partial charge in [-0.25, -0.2) is 0 Å². The Labute approximate surface area is 79.6 Å². The van der Waals surface area contributed by atoms with Gasteiger partial charge >= 0.3 is 0 Å². The van der Waals surface area contributed by atoms with Crippen molar-refractivity contribution in [1.82, 2.24) is 0 Å². The van der Waals surface area contributed by atoms with E-state index in [1.807, 2.05) is 27.7 Å². The van der Waals surface area contributed by atoms with E-state index in [-0.39, 0.29) is 17.1 Å². The number of Topliss-reactive ketones (excluding diaryl/α,β-unsaturated/α-hetero) is 1. The summed E-state index contributed by atoms with van der Waals surface area (Å²) < 4.78 is 0. The topological polar surface area (TPSA) is 37.3 Å². The normalized spacial score (nSPS) is 22.7. The van der Waals surface area contributed by atoms with Crippen molar-refractivity contribution >= 4 is 5.78 Å². The van der Waals surface area contributed by atoms with Crippen molar-refractivity contribution in [2.75, 3.05) is 0 Å². The van der Waals surface area contributed by atoms with Crippen molar-refractivity contribution in [3.8, 4) is 0 Å². The van der Waals surface area contributed by atoms with Gasteiger partial charge in [-0.3, -0.25) is 4.79 Å². The minimum atomic E-state index is -0.286. The van der Waals surface area contributed by atoms with Crippen LogP contribution < -0.4 is 0 Å². The van der Waals surface area contributed by atoms with E-state index in [1.54, 1.807) is 0 Å². The summed E-state index contributed by atoms with van der Waals surface area (Å²) in [5.41, 5.74) is 0.350. The molecule has 0 heterocycles. The maximum atomic E-state index is 11.9. The van der Waals surface area contributed by atoms with Crippen molar-refractivity contribution in [1.29, 1.82) is 0 Å². The Hall–Kier alpha value is -0.790. The first kappa shape index (κ1) is 10.3. The number of hydrogen-bond acceptors (Lipinski definition) is 2. The number of aliphatic hydroxyl groups is 1. The standard InChI is InChI=1S/C11H18O2/c1-7(2)9-8(12)5-6-11(3,4)10(9)13/h7,12H,5-6H2,1-4H3. The quantitative estimate of drug-likeness (QED) is 0.677. The largest absolute Gasteiger partial charge is 0.512 e. The Bertz CT molecular complexity index is 259. The third-order valence-electron chi connectivity index (χ3n) is 2.73. The predicted octanol–water partition coefficient (Wildman–Crippen LogP) is 2.84. The Morgan fingerprint density at radius 1 is 1.38 bits per heavy atom. The number of carbonyl (C=O) groups excluding carboxylic acids is 1. The fraction of sp³-hybridized carbons (Fsp3) is 0.727. The highest BCUT2D eigenvalue weighted by Crippen LogP contribution is 2.37. The fourth-order valence-corrected chi connectivity index (χ4v) is 1.77. The molecular weight excluding hydrogens is 164 g/mol. The van der Waals surface area contributed by atoms with Gasteiger partial charge in [-0.05, 0) is 12.3 Å². The first-order valence-electron chi connectivity index (χ1n) is 4.83. The van der Waals surface area contributed by atoms with Gasteiger partial charge in [0.1, 0.15) is 0 Å². The lowest BCUT2D eigenvalue weighted by Gasteiger charge is -2.31. The summed E-state index contributed by atoms with van der Waals surface area (Å²) >= 11 is 0. The van der Waals surface area contributed by atoms with Crippen LogP contribution >= 0.6 is 0 Å². The van der Waals surface area contributed by atoms with E-state index in [2.05, 4.69) is 0 Å². The van der Waals surface area contributed by atoms with Gasteiger partial charge < -0.3 is 5.11 Å². The van der Waals surface area contributed by atoms with Gasteiger partial charge in [0.05, 0.1) is 5.76 Å². The van der Waals surface area contributed by atoms with Crippen LogP contribution in [-0.4, -0.2) is 10.9 Å². The van der Waals surface area contributed by atoms with E-state index in [0.717, 1.165) is 6.42 Å². The number of allylic oxidation sites excluding steroid dienone is 2. The lowest BCUT2D eigenvalue weighted by Crippen LogP contribution is -2.32. The van der Waals surface area contributed by atoms with Crippen molar-refractivity contribution in [2.24, 2.45) is 11.3 Å². The van der Waals surface area contributed by atoms with E-state index in [1.165, 1.54) is 0 Å². The molecule has 2 nitrogen and oxygen atoms in total. The molecule has 0 bridgehead atoms. The average Bonchev–Trinajstić information content (AvgIpc) is 1.98. The summed E-state index contributed by atoms with van der Waals surface area (Å²) in [5.74, 6) is 0.553. The van der Waals surface area contributed by atoms with Crippen LogP contribution in [0, 0.1) is 11.3 Å². The Balaban J connectivity index is 3.08. The van der Waals surface area contributed by atoms with Crippen molar-refractivity contribution < 1.29 is 9.90 Å². The van der Waals surface area contributed by atoms with Gasteiger partial charge in [0, 0.05) is 17.4 Å². The molecule has 0 saturated carbocycles. The Kier molecular flexibility index (Phi) is 2.51. The molecule has 0 aromatic rings. The summed E-state index contributed by atoms with van der Waals surface area (Å²) in [7, 11) is 0. The molecule has 0 aromatic heterocycles. The first-order valence-corrected chi connectivity index (χ1v) is 4.83. The Morgan fingerprint density at radius 3 is 2.31 bits per heavy atom. The van der Waals surface area contributed by atoms with Crippen LogP contribution in [0.2, 0.25) is 0 Å². The molecule has 0 fully saturated rings. The van der Waals surface area contributed by atoms with Gasteiger partial charge in [0.25, 0.3) is 0 Å². The number of aliphatic hydroxyl groups excluding tert-OH is 1. The molecule has 0 saturated heterocycles. The summed E-state index contributed by atoms with van der Waals surface area (Å²) in [6, 6.07) is 0. The van der Waals surface area contributed by atoms with Crippen molar-refractivity contribution in [2.45, 2.75) is 40.5 Å². The third-order valence-corrected chi connectivity index (χ3v) is 2.73. The Morgan fingerprint density at radius 2 is 1.92 bits per heavy atom. The average molecular weight is 182 g/mol. The second kappa shape index (κ2) is 3.17. The van der Waals surface area contributed by atoms with E-state index >= 15 is 0 Å². The first-order chi connectivity index (χ1) is 5.86. The molecule has 1 rings (SSSR count). The van der Waals surface area contributed by atoms with Gasteiger partial charge in [-0.1, -0.05) is 27.7 Å². The number of carbonyl (C=O) groups is 1. The van der Waals surface area contributed by atoms with Crippen LogP contribution in [0.25, 0.3) is 0 Å². The molecule has 0 atom stereocenters. The van der Waals surface area contributed by atoms with Crippen LogP contribution in [0.1, 0.15) is 40.5 Å². The highest BCUT2D eigenvalue weighted by Gasteiger charge is 2.36. The summed E-state index contributed by atoms with van der Waals surface area (Å²) in [6.45, 7) is 7.80. The second-order valence-electron chi connectivity index (χ2n) is 4.73. The lowest BCUT2D eigenvalue weighted by molar-refractivity contribution is -0.125. The number of hydrogen-bond donors (Lipinski definition) is 1. The molecule has 0 unspecified atom stereocenters. The van der Waals surface area contributed by atoms with E-state index in [9.17, 15) is 9.90 Å². The maximum Gasteiger partial charge on any atom is 0.168 e. The van der Waals surface area contributed by atoms with Crippen molar-refractivity contribution in [3.05, 3.63) is 11.3 Å².